The van der Waals surface area contributed by atoms with Crippen LogP contribution in [0.2, 0.25) is 0 Å². The number of hydrogen-bond acceptors (Lipinski definition) is 2. The average molecular weight is 413 g/mol. The summed E-state index contributed by atoms with van der Waals surface area (Å²) in [6, 6.07) is 10.0. The minimum Gasteiger partial charge on any atom is -0.327 e. The van der Waals surface area contributed by atoms with Gasteiger partial charge in [-0.25, -0.2) is 4.39 Å². The third-order valence-electron chi connectivity index (χ3n) is 8.81. The highest BCUT2D eigenvalue weighted by atomic mass is 19.1. The highest BCUT2D eigenvalue weighted by Gasteiger charge is 2.48. The number of rotatable bonds is 9. The molecule has 3 N–H and O–H groups in total. The van der Waals surface area contributed by atoms with E-state index in [9.17, 15) is 4.39 Å². The van der Waals surface area contributed by atoms with E-state index in [-0.39, 0.29) is 0 Å². The van der Waals surface area contributed by atoms with Gasteiger partial charge in [0, 0.05) is 12.6 Å². The molecule has 0 spiro atoms. The van der Waals surface area contributed by atoms with Crippen LogP contribution in [0.1, 0.15) is 94.6 Å². The molecular weight excluding hydrogens is 371 g/mol. The Balaban J connectivity index is 1.28. The van der Waals surface area contributed by atoms with E-state index in [0.717, 1.165) is 18.9 Å². The van der Waals surface area contributed by atoms with Gasteiger partial charge in [0.05, 0.1) is 6.33 Å². The molecule has 0 heterocycles. The Bertz CT molecular complexity index is 678. The van der Waals surface area contributed by atoms with Crippen LogP contribution in [-0.2, 0) is 11.8 Å². The zero-order valence-electron chi connectivity index (χ0n) is 18.7. The molecule has 2 nitrogen and oxygen atoms in total. The molecular formula is C27H41FN2. The van der Waals surface area contributed by atoms with Gasteiger partial charge < -0.3 is 11.1 Å². The molecule has 0 amide bonds. The molecule has 0 saturated heterocycles. The summed E-state index contributed by atoms with van der Waals surface area (Å²) in [5.41, 5.74) is 10.1. The molecule has 4 aliphatic carbocycles. The highest BCUT2D eigenvalue weighted by Crippen LogP contribution is 2.59. The van der Waals surface area contributed by atoms with Crippen molar-refractivity contribution in [2.24, 2.45) is 11.1 Å². The lowest BCUT2D eigenvalue weighted by atomic mass is 9.51. The van der Waals surface area contributed by atoms with Gasteiger partial charge in [-0.05, 0) is 105 Å². The Morgan fingerprint density at radius 3 is 2.27 bits per heavy atom. The first-order valence-corrected chi connectivity index (χ1v) is 12.5. The summed E-state index contributed by atoms with van der Waals surface area (Å²) in [6.45, 7) is 1.54. The van der Waals surface area contributed by atoms with Gasteiger partial charge >= 0.3 is 0 Å². The lowest BCUT2D eigenvalue weighted by molar-refractivity contribution is 0.0320. The van der Waals surface area contributed by atoms with Crippen LogP contribution >= 0.6 is 0 Å². The summed E-state index contributed by atoms with van der Waals surface area (Å²) in [5, 5.41) is 3.89. The van der Waals surface area contributed by atoms with Crippen LogP contribution in [0.25, 0.3) is 0 Å². The molecule has 0 unspecified atom stereocenters. The van der Waals surface area contributed by atoms with Crippen LogP contribution in [0.3, 0.4) is 0 Å². The van der Waals surface area contributed by atoms with Gasteiger partial charge in [-0.3, -0.25) is 0 Å². The highest BCUT2D eigenvalue weighted by molar-refractivity contribution is 5.32. The quantitative estimate of drug-likeness (QED) is 0.497. The van der Waals surface area contributed by atoms with Gasteiger partial charge in [0.2, 0.25) is 0 Å². The molecule has 1 aromatic carbocycles. The Hall–Kier alpha value is -1.19. The molecule has 4 saturated carbocycles. The van der Waals surface area contributed by atoms with Gasteiger partial charge in [0.15, 0.2) is 0 Å². The summed E-state index contributed by atoms with van der Waals surface area (Å²) in [5.74, 6) is 0. The van der Waals surface area contributed by atoms with Crippen molar-refractivity contribution in [3.8, 4) is 0 Å². The Kier molecular flexibility index (Phi) is 7.31. The van der Waals surface area contributed by atoms with Crippen molar-refractivity contribution < 1.29 is 4.39 Å². The topological polar surface area (TPSA) is 38.0 Å². The fourth-order valence-electron chi connectivity index (χ4n) is 6.45. The van der Waals surface area contributed by atoms with E-state index in [4.69, 9.17) is 5.73 Å². The normalized spacial score (nSPS) is 30.0. The lowest BCUT2D eigenvalue weighted by Gasteiger charge is -2.54. The standard InChI is InChI=1S/C27H41FN2/c28-20-23(21-29)7-6-22-8-10-24(11-9-22)27-15-12-26(13-16-27,14-17-27)18-19-30-25-4-2-1-3-5-25/h8-11,20,25,30H,1-7,12-19,21,29H2/b23-20-. The van der Waals surface area contributed by atoms with Crippen molar-refractivity contribution in [2.75, 3.05) is 13.1 Å². The molecule has 5 rings (SSSR count). The Morgan fingerprint density at radius 1 is 1.00 bits per heavy atom. The van der Waals surface area contributed by atoms with Gasteiger partial charge in [-0.1, -0.05) is 43.5 Å². The number of benzene rings is 1. The Labute approximate surface area is 182 Å². The molecule has 4 aliphatic rings. The number of hydrogen-bond donors (Lipinski definition) is 2. The van der Waals surface area contributed by atoms with E-state index >= 15 is 0 Å². The summed E-state index contributed by atoms with van der Waals surface area (Å²) in [6.07, 6.45) is 19.0. The minimum absolute atomic E-state index is 0.315. The van der Waals surface area contributed by atoms with Crippen LogP contribution in [0.15, 0.2) is 36.2 Å². The molecule has 0 atom stereocenters. The van der Waals surface area contributed by atoms with Crippen LogP contribution in [-0.4, -0.2) is 19.1 Å². The predicted molar refractivity (Wildman–Crippen MR) is 124 cm³/mol. The largest absolute Gasteiger partial charge is 0.327 e. The maximum atomic E-state index is 12.7. The monoisotopic (exact) mass is 412 g/mol. The fraction of sp³-hybridized carbons (Fsp3) is 0.704. The van der Waals surface area contributed by atoms with E-state index in [1.165, 1.54) is 89.2 Å². The van der Waals surface area contributed by atoms with Gasteiger partial charge in [0.25, 0.3) is 0 Å². The summed E-state index contributed by atoms with van der Waals surface area (Å²) in [4.78, 5) is 0. The summed E-state index contributed by atoms with van der Waals surface area (Å²) in [7, 11) is 0. The van der Waals surface area contributed by atoms with Crippen molar-refractivity contribution in [1.82, 2.24) is 5.32 Å². The molecule has 0 aromatic heterocycles. The molecule has 30 heavy (non-hydrogen) atoms. The molecule has 3 heteroatoms. The summed E-state index contributed by atoms with van der Waals surface area (Å²) >= 11 is 0. The van der Waals surface area contributed by atoms with Crippen molar-refractivity contribution in [3.05, 3.63) is 47.3 Å². The van der Waals surface area contributed by atoms with E-state index in [1.807, 2.05) is 0 Å². The van der Waals surface area contributed by atoms with Crippen molar-refractivity contribution in [2.45, 2.75) is 101 Å². The van der Waals surface area contributed by atoms with Crippen molar-refractivity contribution in [3.63, 3.8) is 0 Å². The second kappa shape index (κ2) is 9.96. The van der Waals surface area contributed by atoms with Gasteiger partial charge in [-0.2, -0.15) is 0 Å². The first-order chi connectivity index (χ1) is 14.7. The predicted octanol–water partition coefficient (Wildman–Crippen LogP) is 6.34. The smallest absolute Gasteiger partial charge is 0.0871 e. The molecule has 0 radical (unpaired) electrons. The molecule has 166 valence electrons. The second-order valence-corrected chi connectivity index (χ2v) is 10.5. The maximum Gasteiger partial charge on any atom is 0.0871 e. The van der Waals surface area contributed by atoms with E-state index < -0.39 is 0 Å². The van der Waals surface area contributed by atoms with Gasteiger partial charge in [0.1, 0.15) is 0 Å². The zero-order valence-corrected chi connectivity index (χ0v) is 18.7. The maximum absolute atomic E-state index is 12.7. The SMILES string of the molecule is NC/C(=C\F)CCc1ccc(C23CCC(CCNC4CCCCC4)(CC2)CC3)cc1. The number of fused-ring (bicyclic) bond motifs is 3. The Morgan fingerprint density at radius 2 is 1.67 bits per heavy atom. The van der Waals surface area contributed by atoms with Crippen molar-refractivity contribution in [1.29, 1.82) is 0 Å². The molecule has 1 aromatic rings. The number of halogens is 1. The number of nitrogens with two attached hydrogens (primary N) is 1. The zero-order chi connectivity index (χ0) is 20.9. The van der Waals surface area contributed by atoms with E-state index in [1.54, 1.807) is 5.56 Å². The van der Waals surface area contributed by atoms with E-state index in [0.29, 0.717) is 29.3 Å². The molecule has 4 fully saturated rings. The van der Waals surface area contributed by atoms with Crippen LogP contribution in [0.5, 0.6) is 0 Å². The average Bonchev–Trinajstić information content (AvgIpc) is 2.82. The molecule has 0 aliphatic heterocycles. The fourth-order valence-corrected chi connectivity index (χ4v) is 6.45. The van der Waals surface area contributed by atoms with Crippen molar-refractivity contribution >= 4 is 0 Å². The van der Waals surface area contributed by atoms with E-state index in [2.05, 4.69) is 29.6 Å². The third kappa shape index (κ3) is 4.99. The number of nitrogens with one attached hydrogen (secondary N) is 1. The van der Waals surface area contributed by atoms with Crippen LogP contribution in [0.4, 0.5) is 4.39 Å². The second-order valence-electron chi connectivity index (χ2n) is 10.5. The first-order valence-electron chi connectivity index (χ1n) is 12.5. The first kappa shape index (κ1) is 22.0. The lowest BCUT2D eigenvalue weighted by Crippen LogP contribution is -2.45. The summed E-state index contributed by atoms with van der Waals surface area (Å²) < 4.78 is 12.7. The molecule has 2 bridgehead atoms. The number of aryl methyl sites for hydroxylation is 1. The van der Waals surface area contributed by atoms with Crippen LogP contribution in [0, 0.1) is 5.41 Å². The van der Waals surface area contributed by atoms with Gasteiger partial charge in [-0.15, -0.1) is 0 Å². The van der Waals surface area contributed by atoms with Crippen LogP contribution < -0.4 is 11.1 Å². The third-order valence-corrected chi connectivity index (χ3v) is 8.81. The minimum atomic E-state index is 0.315.